The van der Waals surface area contributed by atoms with Crippen molar-refractivity contribution in [2.75, 3.05) is 20.1 Å². The van der Waals surface area contributed by atoms with Crippen molar-refractivity contribution >= 4 is 0 Å². The van der Waals surface area contributed by atoms with Crippen LogP contribution < -0.4 is 11.1 Å². The molecule has 3 heteroatoms. The van der Waals surface area contributed by atoms with Gasteiger partial charge in [-0.05, 0) is 46.1 Å². The summed E-state index contributed by atoms with van der Waals surface area (Å²) in [5, 5.41) is 3.65. The summed E-state index contributed by atoms with van der Waals surface area (Å²) in [5.41, 5.74) is 5.90. The molecule has 1 fully saturated rings. The molecule has 1 rings (SSSR count). The number of nitrogens with two attached hydrogens (primary N) is 1. The molecule has 1 saturated carbocycles. The van der Waals surface area contributed by atoms with Crippen LogP contribution in [0.4, 0.5) is 0 Å². The highest BCUT2D eigenvalue weighted by molar-refractivity contribution is 4.79. The molecule has 3 nitrogen and oxygen atoms in total. The first-order valence-electron chi connectivity index (χ1n) is 6.82. The maximum atomic E-state index is 5.90. The van der Waals surface area contributed by atoms with Crippen LogP contribution >= 0.6 is 0 Å². The molecule has 1 unspecified atom stereocenters. The van der Waals surface area contributed by atoms with Crippen LogP contribution in [-0.2, 0) is 0 Å². The first-order chi connectivity index (χ1) is 7.63. The Labute approximate surface area is 101 Å². The molecule has 0 saturated heterocycles. The number of hydrogen-bond donors (Lipinski definition) is 2. The van der Waals surface area contributed by atoms with Crippen molar-refractivity contribution < 1.29 is 0 Å². The van der Waals surface area contributed by atoms with Gasteiger partial charge in [0.25, 0.3) is 0 Å². The zero-order valence-corrected chi connectivity index (χ0v) is 11.2. The van der Waals surface area contributed by atoms with Crippen LogP contribution in [0.25, 0.3) is 0 Å². The third-order valence-corrected chi connectivity index (χ3v) is 4.01. The van der Waals surface area contributed by atoms with Crippen molar-refractivity contribution in [2.45, 2.75) is 64.1 Å². The van der Waals surface area contributed by atoms with Crippen LogP contribution in [0.5, 0.6) is 0 Å². The van der Waals surface area contributed by atoms with Gasteiger partial charge in [-0.15, -0.1) is 0 Å². The third-order valence-electron chi connectivity index (χ3n) is 4.01. The Morgan fingerprint density at radius 1 is 1.31 bits per heavy atom. The van der Waals surface area contributed by atoms with Gasteiger partial charge < -0.3 is 16.0 Å². The quantitative estimate of drug-likeness (QED) is 0.724. The summed E-state index contributed by atoms with van der Waals surface area (Å²) >= 11 is 0. The monoisotopic (exact) mass is 227 g/mol. The highest BCUT2D eigenvalue weighted by atomic mass is 15.1. The summed E-state index contributed by atoms with van der Waals surface area (Å²) < 4.78 is 0. The Hall–Kier alpha value is -0.120. The number of hydrogen-bond acceptors (Lipinski definition) is 3. The maximum absolute atomic E-state index is 5.90. The lowest BCUT2D eigenvalue weighted by molar-refractivity contribution is 0.241. The summed E-state index contributed by atoms with van der Waals surface area (Å²) in [5.74, 6) is 0. The normalized spacial score (nSPS) is 28.3. The van der Waals surface area contributed by atoms with Gasteiger partial charge in [0.05, 0.1) is 0 Å². The van der Waals surface area contributed by atoms with Crippen molar-refractivity contribution in [3.05, 3.63) is 0 Å². The fourth-order valence-corrected chi connectivity index (χ4v) is 2.30. The molecule has 0 aromatic heterocycles. The largest absolute Gasteiger partial charge is 0.328 e. The highest BCUT2D eigenvalue weighted by Crippen LogP contribution is 2.16. The Morgan fingerprint density at radius 3 is 2.50 bits per heavy atom. The summed E-state index contributed by atoms with van der Waals surface area (Å²) in [6.45, 7) is 6.80. The Kier molecular flexibility index (Phi) is 6.32. The molecule has 16 heavy (non-hydrogen) atoms. The van der Waals surface area contributed by atoms with Gasteiger partial charge in [-0.25, -0.2) is 0 Å². The molecule has 3 N–H and O–H groups in total. The SMILES string of the molecule is CCC(C)N(C)CCNC1CCC(N)CC1. The van der Waals surface area contributed by atoms with Gasteiger partial charge in [0.15, 0.2) is 0 Å². The van der Waals surface area contributed by atoms with E-state index in [4.69, 9.17) is 5.73 Å². The molecule has 0 aliphatic heterocycles. The molecular formula is C13H29N3. The molecule has 1 aliphatic carbocycles. The second-order valence-corrected chi connectivity index (χ2v) is 5.30. The molecule has 0 bridgehead atoms. The lowest BCUT2D eigenvalue weighted by atomic mass is 9.92. The second-order valence-electron chi connectivity index (χ2n) is 5.30. The molecule has 1 atom stereocenters. The fourth-order valence-electron chi connectivity index (χ4n) is 2.30. The van der Waals surface area contributed by atoms with Crippen LogP contribution in [-0.4, -0.2) is 43.2 Å². The van der Waals surface area contributed by atoms with Gasteiger partial charge >= 0.3 is 0 Å². The fraction of sp³-hybridized carbons (Fsp3) is 1.00. The molecule has 1 aliphatic rings. The van der Waals surface area contributed by atoms with E-state index in [9.17, 15) is 0 Å². The Balaban J connectivity index is 2.06. The minimum absolute atomic E-state index is 0.459. The third kappa shape index (κ3) is 4.81. The van der Waals surface area contributed by atoms with Gasteiger partial charge in [0.1, 0.15) is 0 Å². The Bertz CT molecular complexity index is 176. The maximum Gasteiger partial charge on any atom is 0.0107 e. The van der Waals surface area contributed by atoms with Gasteiger partial charge in [0.2, 0.25) is 0 Å². The summed E-state index contributed by atoms with van der Waals surface area (Å²) in [6, 6.07) is 1.87. The van der Waals surface area contributed by atoms with Crippen LogP contribution in [0.2, 0.25) is 0 Å². The average molecular weight is 227 g/mol. The summed E-state index contributed by atoms with van der Waals surface area (Å²) in [7, 11) is 2.21. The topological polar surface area (TPSA) is 41.3 Å². The standard InChI is InChI=1S/C13H29N3/c1-4-11(2)16(3)10-9-15-13-7-5-12(14)6-8-13/h11-13,15H,4-10,14H2,1-3H3. The van der Waals surface area contributed by atoms with Crippen molar-refractivity contribution in [3.8, 4) is 0 Å². The lowest BCUT2D eigenvalue weighted by Crippen LogP contribution is -2.41. The predicted octanol–water partition coefficient (Wildman–Crippen LogP) is 1.58. The van der Waals surface area contributed by atoms with E-state index in [1.165, 1.54) is 32.1 Å². The van der Waals surface area contributed by atoms with Crippen LogP contribution in [0.15, 0.2) is 0 Å². The minimum Gasteiger partial charge on any atom is -0.328 e. The predicted molar refractivity (Wildman–Crippen MR) is 70.6 cm³/mol. The van der Waals surface area contributed by atoms with Crippen molar-refractivity contribution in [3.63, 3.8) is 0 Å². The molecule has 96 valence electrons. The summed E-state index contributed by atoms with van der Waals surface area (Å²) in [4.78, 5) is 2.43. The van der Waals surface area contributed by atoms with E-state index in [1.54, 1.807) is 0 Å². The number of nitrogens with one attached hydrogen (secondary N) is 1. The number of nitrogens with zero attached hydrogens (tertiary/aromatic N) is 1. The first kappa shape index (κ1) is 13.9. The zero-order valence-electron chi connectivity index (χ0n) is 11.2. The lowest BCUT2D eigenvalue weighted by Gasteiger charge is -2.29. The second kappa shape index (κ2) is 7.25. The van der Waals surface area contributed by atoms with E-state index >= 15 is 0 Å². The van der Waals surface area contributed by atoms with Gasteiger partial charge in [-0.2, -0.15) is 0 Å². The molecule has 0 aromatic rings. The first-order valence-corrected chi connectivity index (χ1v) is 6.82. The molecule has 0 radical (unpaired) electrons. The highest BCUT2D eigenvalue weighted by Gasteiger charge is 2.17. The van der Waals surface area contributed by atoms with E-state index in [0.29, 0.717) is 18.1 Å². The van der Waals surface area contributed by atoms with Gasteiger partial charge in [-0.3, -0.25) is 0 Å². The molecular weight excluding hydrogens is 198 g/mol. The number of likely N-dealkylation sites (N-methyl/N-ethyl adjacent to an activating group) is 1. The van der Waals surface area contributed by atoms with Gasteiger partial charge in [-0.1, -0.05) is 6.92 Å². The van der Waals surface area contributed by atoms with E-state index in [2.05, 4.69) is 31.1 Å². The smallest absolute Gasteiger partial charge is 0.0107 e. The van der Waals surface area contributed by atoms with Crippen molar-refractivity contribution in [1.82, 2.24) is 10.2 Å². The molecule has 0 spiro atoms. The average Bonchev–Trinajstić information content (AvgIpc) is 2.30. The van der Waals surface area contributed by atoms with Crippen molar-refractivity contribution in [1.29, 1.82) is 0 Å². The van der Waals surface area contributed by atoms with Crippen LogP contribution in [0.3, 0.4) is 0 Å². The molecule has 0 aromatic carbocycles. The minimum atomic E-state index is 0.459. The van der Waals surface area contributed by atoms with Crippen LogP contribution in [0.1, 0.15) is 46.0 Å². The molecule has 0 amide bonds. The van der Waals surface area contributed by atoms with E-state index < -0.39 is 0 Å². The van der Waals surface area contributed by atoms with Crippen molar-refractivity contribution in [2.24, 2.45) is 5.73 Å². The van der Waals surface area contributed by atoms with Gasteiger partial charge in [0, 0.05) is 31.2 Å². The van der Waals surface area contributed by atoms with E-state index in [1.807, 2.05) is 0 Å². The zero-order chi connectivity index (χ0) is 12.0. The van der Waals surface area contributed by atoms with E-state index in [-0.39, 0.29) is 0 Å². The summed E-state index contributed by atoms with van der Waals surface area (Å²) in [6.07, 6.45) is 6.13. The van der Waals surface area contributed by atoms with Crippen LogP contribution in [0, 0.1) is 0 Å². The molecule has 0 heterocycles. The van der Waals surface area contributed by atoms with E-state index in [0.717, 1.165) is 13.1 Å². The number of rotatable bonds is 6. The Morgan fingerprint density at radius 2 is 1.94 bits per heavy atom.